The Morgan fingerprint density at radius 3 is 2.67 bits per heavy atom. The monoisotopic (exact) mass is 529 g/mol. The summed E-state index contributed by atoms with van der Waals surface area (Å²) in [7, 11) is 1.75. The number of aryl methyl sites for hydroxylation is 2. The molecule has 1 heterocycles. The van der Waals surface area contributed by atoms with Crippen LogP contribution in [0.2, 0.25) is 0 Å². The average molecular weight is 530 g/mol. The largest absolute Gasteiger partial charge is 0.385 e. The molecule has 2 rings (SSSR count). The zero-order valence-electron chi connectivity index (χ0n) is 20.4. The lowest BCUT2D eigenvalue weighted by Crippen LogP contribution is -2.49. The summed E-state index contributed by atoms with van der Waals surface area (Å²) in [5.74, 6) is -2.58. The Kier molecular flexibility index (Phi) is 13.2. The average Bonchev–Trinajstić information content (AvgIpc) is 3.21. The zero-order chi connectivity index (χ0) is 26.0. The SMILES string of the molecule is CNCCOC[C@H](NC[C@H](c1c(C(N)=O)noc1C)[C@@H](O)C=O)C(=O)NCc1ccc(C)cc1F.Cl. The number of nitrogens with zero attached hydrogens (tertiary/aromatic N) is 1. The maximum absolute atomic E-state index is 14.2. The van der Waals surface area contributed by atoms with E-state index in [4.69, 9.17) is 15.0 Å². The van der Waals surface area contributed by atoms with Crippen LogP contribution in [-0.2, 0) is 20.9 Å². The number of aliphatic hydroxyl groups is 1. The Bertz CT molecular complexity index is 1020. The van der Waals surface area contributed by atoms with E-state index in [0.717, 1.165) is 5.56 Å². The number of carbonyl (C=O) groups is 3. The number of aromatic nitrogens is 1. The van der Waals surface area contributed by atoms with Gasteiger partial charge < -0.3 is 40.8 Å². The van der Waals surface area contributed by atoms with E-state index in [1.54, 1.807) is 26.1 Å². The lowest BCUT2D eigenvalue weighted by atomic mass is 9.91. The van der Waals surface area contributed by atoms with Crippen molar-refractivity contribution >= 4 is 30.5 Å². The molecule has 0 saturated heterocycles. The van der Waals surface area contributed by atoms with Crippen molar-refractivity contribution in [3.8, 4) is 0 Å². The fourth-order valence-corrected chi connectivity index (χ4v) is 3.46. The molecule has 36 heavy (non-hydrogen) atoms. The van der Waals surface area contributed by atoms with Gasteiger partial charge in [0.2, 0.25) is 5.91 Å². The Morgan fingerprint density at radius 1 is 1.33 bits per heavy atom. The lowest BCUT2D eigenvalue weighted by molar-refractivity contribution is -0.124. The molecule has 0 aliphatic carbocycles. The first-order valence-corrected chi connectivity index (χ1v) is 11.1. The minimum absolute atomic E-state index is 0. The number of primary amides is 1. The van der Waals surface area contributed by atoms with Crippen LogP contribution >= 0.6 is 12.4 Å². The number of ether oxygens (including phenoxy) is 1. The van der Waals surface area contributed by atoms with E-state index in [2.05, 4.69) is 21.1 Å². The predicted octanol–water partition coefficient (Wildman–Crippen LogP) is 0.105. The molecule has 0 aliphatic heterocycles. The van der Waals surface area contributed by atoms with Gasteiger partial charge >= 0.3 is 0 Å². The Balaban J connectivity index is 0.00000648. The number of aldehydes is 1. The van der Waals surface area contributed by atoms with Crippen molar-refractivity contribution in [1.29, 1.82) is 0 Å². The van der Waals surface area contributed by atoms with Gasteiger partial charge in [-0.2, -0.15) is 0 Å². The number of halogens is 2. The molecule has 1 aromatic heterocycles. The van der Waals surface area contributed by atoms with Crippen LogP contribution in [0.25, 0.3) is 0 Å². The second kappa shape index (κ2) is 15.3. The second-order valence-corrected chi connectivity index (χ2v) is 8.05. The van der Waals surface area contributed by atoms with Crippen molar-refractivity contribution < 1.29 is 33.1 Å². The van der Waals surface area contributed by atoms with Crippen LogP contribution in [-0.4, -0.2) is 73.9 Å². The van der Waals surface area contributed by atoms with E-state index in [1.165, 1.54) is 13.0 Å². The normalized spacial score (nSPS) is 13.4. The molecule has 13 heteroatoms. The number of hydrogen-bond acceptors (Lipinski definition) is 9. The van der Waals surface area contributed by atoms with Crippen molar-refractivity contribution in [2.75, 3.05) is 33.4 Å². The number of nitrogens with two attached hydrogens (primary N) is 1. The Labute approximate surface area is 214 Å². The van der Waals surface area contributed by atoms with E-state index in [1.807, 2.05) is 0 Å². The molecule has 1 aromatic carbocycles. The number of carbonyl (C=O) groups excluding carboxylic acids is 3. The molecule has 200 valence electrons. The van der Waals surface area contributed by atoms with Gasteiger partial charge in [0.1, 0.15) is 30.0 Å². The maximum atomic E-state index is 14.2. The van der Waals surface area contributed by atoms with Crippen molar-refractivity contribution in [3.63, 3.8) is 0 Å². The smallest absolute Gasteiger partial charge is 0.271 e. The fraction of sp³-hybridized carbons (Fsp3) is 0.478. The van der Waals surface area contributed by atoms with Crippen molar-refractivity contribution in [2.24, 2.45) is 5.73 Å². The molecule has 0 fully saturated rings. The summed E-state index contributed by atoms with van der Waals surface area (Å²) in [5.41, 5.74) is 6.38. The van der Waals surface area contributed by atoms with Crippen molar-refractivity contribution in [3.05, 3.63) is 52.2 Å². The topological polar surface area (TPSA) is 169 Å². The molecule has 0 radical (unpaired) electrons. The zero-order valence-corrected chi connectivity index (χ0v) is 21.2. The van der Waals surface area contributed by atoms with E-state index >= 15 is 0 Å². The number of rotatable bonds is 15. The van der Waals surface area contributed by atoms with Crippen LogP contribution in [0.15, 0.2) is 22.7 Å². The third-order valence-corrected chi connectivity index (χ3v) is 5.41. The third-order valence-electron chi connectivity index (χ3n) is 5.41. The highest BCUT2D eigenvalue weighted by molar-refractivity contribution is 5.92. The summed E-state index contributed by atoms with van der Waals surface area (Å²) in [6, 6.07) is 3.79. The lowest BCUT2D eigenvalue weighted by Gasteiger charge is -2.24. The van der Waals surface area contributed by atoms with Crippen LogP contribution in [0.5, 0.6) is 0 Å². The number of aliphatic hydroxyl groups excluding tert-OH is 1. The highest BCUT2D eigenvalue weighted by atomic mass is 35.5. The van der Waals surface area contributed by atoms with E-state index in [-0.39, 0.29) is 49.1 Å². The molecule has 3 atom stereocenters. The van der Waals surface area contributed by atoms with Crippen LogP contribution < -0.4 is 21.7 Å². The van der Waals surface area contributed by atoms with Gasteiger partial charge in [-0.25, -0.2) is 4.39 Å². The molecular formula is C23H33ClFN5O6. The quantitative estimate of drug-likeness (QED) is 0.159. The molecule has 0 aliphatic rings. The predicted molar refractivity (Wildman–Crippen MR) is 131 cm³/mol. The third kappa shape index (κ3) is 8.64. The van der Waals surface area contributed by atoms with E-state index < -0.39 is 35.7 Å². The number of likely N-dealkylation sites (N-methyl/N-ethyl adjacent to an activating group) is 1. The van der Waals surface area contributed by atoms with Crippen LogP contribution in [0.4, 0.5) is 4.39 Å². The van der Waals surface area contributed by atoms with Gasteiger partial charge in [-0.3, -0.25) is 9.59 Å². The fourth-order valence-electron chi connectivity index (χ4n) is 3.46. The number of benzene rings is 1. The summed E-state index contributed by atoms with van der Waals surface area (Å²) in [6.45, 7) is 3.95. The molecule has 0 bridgehead atoms. The standard InChI is InChI=1S/C23H32FN5O6.ClH/c1-13-4-5-15(17(24)8-13)9-28-23(33)18(12-34-7-6-26-3)27-10-16(19(31)11-30)20-14(2)35-29-21(20)22(25)32;/h4-5,8,11,16,18-19,26-27,31H,6-7,9-10,12H2,1-3H3,(H2,25,32)(H,28,33);1H/t16-,18-,19-;/m0./s1. The Morgan fingerprint density at radius 2 is 2.06 bits per heavy atom. The summed E-state index contributed by atoms with van der Waals surface area (Å²) < 4.78 is 24.7. The highest BCUT2D eigenvalue weighted by Crippen LogP contribution is 2.26. The molecular weight excluding hydrogens is 497 g/mol. The van der Waals surface area contributed by atoms with Gasteiger partial charge in [0, 0.05) is 36.7 Å². The van der Waals surface area contributed by atoms with Crippen molar-refractivity contribution in [2.45, 2.75) is 38.5 Å². The minimum atomic E-state index is -1.53. The summed E-state index contributed by atoms with van der Waals surface area (Å²) in [5, 5.41) is 22.5. The molecule has 0 spiro atoms. The van der Waals surface area contributed by atoms with Gasteiger partial charge in [0.15, 0.2) is 5.69 Å². The number of nitrogens with one attached hydrogen (secondary N) is 3. The van der Waals surface area contributed by atoms with Gasteiger partial charge in [0.25, 0.3) is 5.91 Å². The maximum Gasteiger partial charge on any atom is 0.271 e. The first kappa shape index (κ1) is 31.1. The number of hydrogen-bond donors (Lipinski definition) is 5. The second-order valence-electron chi connectivity index (χ2n) is 8.05. The summed E-state index contributed by atoms with van der Waals surface area (Å²) >= 11 is 0. The molecule has 0 saturated carbocycles. The van der Waals surface area contributed by atoms with Gasteiger partial charge in [-0.15, -0.1) is 12.4 Å². The van der Waals surface area contributed by atoms with Gasteiger partial charge in [0.05, 0.1) is 13.2 Å². The minimum Gasteiger partial charge on any atom is -0.385 e. The van der Waals surface area contributed by atoms with Crippen LogP contribution in [0.3, 0.4) is 0 Å². The molecule has 2 aromatic rings. The molecule has 6 N–H and O–H groups in total. The summed E-state index contributed by atoms with van der Waals surface area (Å²) in [6.07, 6.45) is -1.23. The van der Waals surface area contributed by atoms with Crippen LogP contribution in [0, 0.1) is 19.7 Å². The highest BCUT2D eigenvalue weighted by Gasteiger charge is 2.32. The van der Waals surface area contributed by atoms with Gasteiger partial charge in [-0.05, 0) is 32.5 Å². The molecule has 0 unspecified atom stereocenters. The Hall–Kier alpha value is -2.90. The van der Waals surface area contributed by atoms with E-state index in [9.17, 15) is 23.9 Å². The first-order valence-electron chi connectivity index (χ1n) is 11.1. The summed E-state index contributed by atoms with van der Waals surface area (Å²) in [4.78, 5) is 36.0. The van der Waals surface area contributed by atoms with Crippen molar-refractivity contribution in [1.82, 2.24) is 21.1 Å². The first-order chi connectivity index (χ1) is 16.7. The van der Waals surface area contributed by atoms with E-state index in [0.29, 0.717) is 25.0 Å². The number of amides is 2. The van der Waals surface area contributed by atoms with Gasteiger partial charge in [-0.1, -0.05) is 17.3 Å². The molecule has 11 nitrogen and oxygen atoms in total. The van der Waals surface area contributed by atoms with Crippen LogP contribution in [0.1, 0.15) is 38.9 Å². The molecule has 2 amide bonds.